The van der Waals surface area contributed by atoms with Crippen LogP contribution in [-0.4, -0.2) is 63.9 Å². The van der Waals surface area contributed by atoms with Crippen LogP contribution in [0.1, 0.15) is 35.5 Å². The van der Waals surface area contributed by atoms with E-state index in [4.69, 9.17) is 28.6 Å². The van der Waals surface area contributed by atoms with E-state index < -0.39 is 0 Å². The van der Waals surface area contributed by atoms with Crippen molar-refractivity contribution in [2.75, 3.05) is 39.4 Å². The quantitative estimate of drug-likeness (QED) is 0.486. The molecule has 4 heterocycles. The summed E-state index contributed by atoms with van der Waals surface area (Å²) < 4.78 is 7.74. The molecule has 0 bridgehead atoms. The minimum absolute atomic E-state index is 0.0260. The zero-order chi connectivity index (χ0) is 23.5. The maximum Gasteiger partial charge on any atom is 0.170 e. The monoisotopic (exact) mass is 495 g/mol. The number of aromatic nitrogens is 2. The predicted octanol–water partition coefficient (Wildman–Crippen LogP) is 4.53. The van der Waals surface area contributed by atoms with E-state index in [0.717, 1.165) is 72.9 Å². The van der Waals surface area contributed by atoms with Crippen molar-refractivity contribution < 1.29 is 4.74 Å². The van der Waals surface area contributed by atoms with Crippen molar-refractivity contribution in [3.63, 3.8) is 0 Å². The first kappa shape index (κ1) is 23.3. The Kier molecular flexibility index (Phi) is 7.15. The van der Waals surface area contributed by atoms with Crippen LogP contribution >= 0.6 is 23.8 Å². The molecule has 178 valence electrons. The van der Waals surface area contributed by atoms with Gasteiger partial charge in [0, 0.05) is 55.0 Å². The van der Waals surface area contributed by atoms with Crippen LogP contribution in [0.5, 0.6) is 0 Å². The average molecular weight is 496 g/mol. The Morgan fingerprint density at radius 1 is 1.12 bits per heavy atom. The number of morpholine rings is 1. The Labute approximate surface area is 211 Å². The predicted molar refractivity (Wildman–Crippen MR) is 140 cm³/mol. The number of pyridine rings is 1. The fourth-order valence-electron chi connectivity index (χ4n) is 4.91. The van der Waals surface area contributed by atoms with Crippen LogP contribution in [0, 0.1) is 6.92 Å². The summed E-state index contributed by atoms with van der Waals surface area (Å²) in [6, 6.07) is 16.5. The third kappa shape index (κ3) is 4.84. The molecular weight excluding hydrogens is 466 g/mol. The number of nitrogens with zero attached hydrogens (tertiary/aromatic N) is 4. The molecule has 34 heavy (non-hydrogen) atoms. The highest BCUT2D eigenvalue weighted by Gasteiger charge is 2.41. The molecule has 3 aromatic rings. The fraction of sp³-hybridized carbons (Fsp3) is 0.385. The maximum absolute atomic E-state index is 6.31. The van der Waals surface area contributed by atoms with Crippen molar-refractivity contribution in [2.45, 2.75) is 25.4 Å². The second-order valence-corrected chi connectivity index (χ2v) is 9.66. The van der Waals surface area contributed by atoms with Gasteiger partial charge in [0.15, 0.2) is 5.11 Å². The molecule has 0 saturated carbocycles. The van der Waals surface area contributed by atoms with Crippen LogP contribution in [0.4, 0.5) is 0 Å². The molecule has 2 aromatic heterocycles. The van der Waals surface area contributed by atoms with Crippen LogP contribution in [0.15, 0.2) is 60.9 Å². The lowest BCUT2D eigenvalue weighted by atomic mass is 10.0. The molecule has 2 aliphatic heterocycles. The maximum atomic E-state index is 6.31. The highest BCUT2D eigenvalue weighted by Crippen LogP contribution is 2.39. The van der Waals surface area contributed by atoms with Gasteiger partial charge in [-0.25, -0.2) is 0 Å². The average Bonchev–Trinajstić information content (AvgIpc) is 3.47. The first-order valence-corrected chi connectivity index (χ1v) is 12.6. The molecule has 0 amide bonds. The largest absolute Gasteiger partial charge is 0.379 e. The van der Waals surface area contributed by atoms with E-state index in [2.05, 4.69) is 61.2 Å². The third-order valence-electron chi connectivity index (χ3n) is 6.68. The van der Waals surface area contributed by atoms with Gasteiger partial charge < -0.3 is 19.5 Å². The van der Waals surface area contributed by atoms with Gasteiger partial charge in [0.05, 0.1) is 31.0 Å². The van der Waals surface area contributed by atoms with Crippen molar-refractivity contribution in [1.82, 2.24) is 24.7 Å². The smallest absolute Gasteiger partial charge is 0.170 e. The highest BCUT2D eigenvalue weighted by molar-refractivity contribution is 7.80. The molecule has 6 nitrogen and oxygen atoms in total. The van der Waals surface area contributed by atoms with Crippen LogP contribution in [-0.2, 0) is 4.74 Å². The van der Waals surface area contributed by atoms with E-state index in [9.17, 15) is 0 Å². The van der Waals surface area contributed by atoms with Gasteiger partial charge in [-0.3, -0.25) is 9.88 Å². The minimum Gasteiger partial charge on any atom is -0.379 e. The molecule has 1 aromatic carbocycles. The molecule has 2 atom stereocenters. The zero-order valence-corrected chi connectivity index (χ0v) is 20.9. The fourth-order valence-corrected chi connectivity index (χ4v) is 5.36. The molecule has 2 aliphatic rings. The van der Waals surface area contributed by atoms with Gasteiger partial charge in [0.1, 0.15) is 0 Å². The standard InChI is InChI=1S/C26H30ClN5OS/c1-19-18-20(8-9-21(19)27)31-12-4-7-23(31)25-24(22-6-2-3-10-28-22)29-26(34)32(25)13-5-11-30-14-16-33-17-15-30/h2-4,6-10,12,18,24-25H,5,11,13-17H2,1H3,(H,29,34)/t24-,25-/m1/s1. The molecule has 8 heteroatoms. The van der Waals surface area contributed by atoms with E-state index in [0.29, 0.717) is 0 Å². The SMILES string of the molecule is Cc1cc(-n2cccc2[C@@H]2[C@@H](c3ccccn3)NC(=S)N2CCCN2CCOCC2)ccc1Cl. The normalized spacial score (nSPS) is 21.1. The molecule has 5 rings (SSSR count). The number of thiocarbonyl (C=S) groups is 1. The number of nitrogens with one attached hydrogen (secondary N) is 1. The lowest BCUT2D eigenvalue weighted by molar-refractivity contribution is 0.0365. The summed E-state index contributed by atoms with van der Waals surface area (Å²) in [5.74, 6) is 0. The van der Waals surface area contributed by atoms with Gasteiger partial charge in [0.2, 0.25) is 0 Å². The van der Waals surface area contributed by atoms with Gasteiger partial charge in [-0.15, -0.1) is 0 Å². The van der Waals surface area contributed by atoms with Crippen LogP contribution < -0.4 is 5.32 Å². The van der Waals surface area contributed by atoms with E-state index in [-0.39, 0.29) is 12.1 Å². The van der Waals surface area contributed by atoms with Crippen molar-refractivity contribution in [3.8, 4) is 5.69 Å². The first-order valence-electron chi connectivity index (χ1n) is 11.8. The molecule has 0 spiro atoms. The topological polar surface area (TPSA) is 45.6 Å². The van der Waals surface area contributed by atoms with Crippen molar-refractivity contribution in [2.24, 2.45) is 0 Å². The lowest BCUT2D eigenvalue weighted by Gasteiger charge is -2.31. The molecule has 0 aliphatic carbocycles. The molecule has 0 unspecified atom stereocenters. The third-order valence-corrected chi connectivity index (χ3v) is 7.45. The highest BCUT2D eigenvalue weighted by atomic mass is 35.5. The second kappa shape index (κ2) is 10.4. The summed E-state index contributed by atoms with van der Waals surface area (Å²) in [7, 11) is 0. The number of benzene rings is 1. The second-order valence-electron chi connectivity index (χ2n) is 8.86. The molecular formula is C26H30ClN5OS. The van der Waals surface area contributed by atoms with Crippen LogP contribution in [0.25, 0.3) is 5.69 Å². The molecule has 2 saturated heterocycles. The first-order chi connectivity index (χ1) is 16.6. The summed E-state index contributed by atoms with van der Waals surface area (Å²) in [6.07, 6.45) is 4.99. The van der Waals surface area contributed by atoms with E-state index >= 15 is 0 Å². The number of rotatable bonds is 7. The van der Waals surface area contributed by atoms with Gasteiger partial charge in [0.25, 0.3) is 0 Å². The van der Waals surface area contributed by atoms with Gasteiger partial charge >= 0.3 is 0 Å². The van der Waals surface area contributed by atoms with Gasteiger partial charge in [-0.05, 0) is 73.6 Å². The lowest BCUT2D eigenvalue weighted by Crippen LogP contribution is -2.39. The summed E-state index contributed by atoms with van der Waals surface area (Å²) in [6.45, 7) is 7.60. The minimum atomic E-state index is -0.0286. The van der Waals surface area contributed by atoms with Gasteiger partial charge in [-0.1, -0.05) is 17.7 Å². The van der Waals surface area contributed by atoms with Crippen molar-refractivity contribution >= 4 is 28.9 Å². The number of aryl methyl sites for hydroxylation is 1. The number of hydrogen-bond acceptors (Lipinski definition) is 4. The Bertz CT molecular complexity index is 1130. The van der Waals surface area contributed by atoms with E-state index in [1.165, 1.54) is 5.69 Å². The van der Waals surface area contributed by atoms with Crippen LogP contribution in [0.2, 0.25) is 5.02 Å². The Morgan fingerprint density at radius 3 is 2.74 bits per heavy atom. The Morgan fingerprint density at radius 2 is 1.97 bits per heavy atom. The number of halogens is 1. The van der Waals surface area contributed by atoms with Crippen molar-refractivity contribution in [1.29, 1.82) is 0 Å². The summed E-state index contributed by atoms with van der Waals surface area (Å²) in [5.41, 5.74) is 4.32. The van der Waals surface area contributed by atoms with Crippen LogP contribution in [0.3, 0.4) is 0 Å². The Hall–Kier alpha value is -2.45. The summed E-state index contributed by atoms with van der Waals surface area (Å²) in [4.78, 5) is 9.48. The Balaban J connectivity index is 1.45. The van der Waals surface area contributed by atoms with E-state index in [1.54, 1.807) is 0 Å². The number of hydrogen-bond donors (Lipinski definition) is 1. The molecule has 2 fully saturated rings. The summed E-state index contributed by atoms with van der Waals surface area (Å²) >= 11 is 12.2. The summed E-state index contributed by atoms with van der Waals surface area (Å²) in [5, 5.41) is 5.13. The number of ether oxygens (including phenoxy) is 1. The van der Waals surface area contributed by atoms with Crippen molar-refractivity contribution in [3.05, 3.63) is 82.9 Å². The zero-order valence-electron chi connectivity index (χ0n) is 19.4. The molecule has 1 N–H and O–H groups in total. The molecule has 0 radical (unpaired) electrons. The van der Waals surface area contributed by atoms with E-state index in [1.807, 2.05) is 31.3 Å². The van der Waals surface area contributed by atoms with Gasteiger partial charge in [-0.2, -0.15) is 0 Å².